The molecule has 0 radical (unpaired) electrons. The van der Waals surface area contributed by atoms with E-state index in [0.717, 1.165) is 4.70 Å². The van der Waals surface area contributed by atoms with E-state index in [1.165, 1.54) is 23.5 Å². The normalized spacial score (nSPS) is 11.9. The number of aryl methyl sites for hydroxylation is 1. The van der Waals surface area contributed by atoms with Crippen molar-refractivity contribution in [2.45, 2.75) is 30.9 Å². The Hall–Kier alpha value is -2.75. The van der Waals surface area contributed by atoms with Crippen molar-refractivity contribution in [3.05, 3.63) is 64.8 Å². The summed E-state index contributed by atoms with van der Waals surface area (Å²) in [5.74, 6) is -0.0177. The third kappa shape index (κ3) is 4.08. The molecule has 0 aliphatic heterocycles. The number of halogens is 1. The lowest BCUT2D eigenvalue weighted by atomic mass is 10.2. The molecular formula is C21H19ClN4O3S2. The Bertz CT molecular complexity index is 1410. The van der Waals surface area contributed by atoms with E-state index in [-0.39, 0.29) is 10.5 Å². The SMILES string of the molecule is Cc1cc(NC(=O)c2cccc(S(=O)(=O)C(C)C)c2)n(-c2nc3c(Cl)cccc3s2)n1. The Morgan fingerprint density at radius 2 is 1.90 bits per heavy atom. The van der Waals surface area contributed by atoms with E-state index >= 15 is 0 Å². The molecule has 0 atom stereocenters. The second-order valence-electron chi connectivity index (χ2n) is 7.24. The lowest BCUT2D eigenvalue weighted by Crippen LogP contribution is -2.17. The van der Waals surface area contributed by atoms with E-state index in [1.54, 1.807) is 42.8 Å². The number of rotatable bonds is 5. The van der Waals surface area contributed by atoms with E-state index < -0.39 is 21.0 Å². The van der Waals surface area contributed by atoms with E-state index in [0.29, 0.717) is 27.2 Å². The number of sulfone groups is 1. The fourth-order valence-electron chi connectivity index (χ4n) is 3.00. The minimum absolute atomic E-state index is 0.112. The summed E-state index contributed by atoms with van der Waals surface area (Å²) in [7, 11) is -3.49. The number of hydrogen-bond donors (Lipinski definition) is 1. The molecule has 1 amide bonds. The number of amides is 1. The van der Waals surface area contributed by atoms with Crippen LogP contribution in [0.1, 0.15) is 29.9 Å². The number of nitrogens with zero attached hydrogens (tertiary/aromatic N) is 3. The summed E-state index contributed by atoms with van der Waals surface area (Å²) in [6.45, 7) is 5.02. The monoisotopic (exact) mass is 474 g/mol. The number of hydrogen-bond acceptors (Lipinski definition) is 6. The van der Waals surface area contributed by atoms with Gasteiger partial charge in [0.15, 0.2) is 9.84 Å². The van der Waals surface area contributed by atoms with E-state index in [4.69, 9.17) is 11.6 Å². The van der Waals surface area contributed by atoms with Crippen LogP contribution in [0.3, 0.4) is 0 Å². The first-order valence-electron chi connectivity index (χ1n) is 9.44. The van der Waals surface area contributed by atoms with Gasteiger partial charge in [0, 0.05) is 11.6 Å². The van der Waals surface area contributed by atoms with Crippen LogP contribution < -0.4 is 5.32 Å². The summed E-state index contributed by atoms with van der Waals surface area (Å²) >= 11 is 7.63. The van der Waals surface area contributed by atoms with Gasteiger partial charge in [0.05, 0.1) is 25.6 Å². The topological polar surface area (TPSA) is 94.0 Å². The first kappa shape index (κ1) is 21.5. The number of carbonyl (C=O) groups excluding carboxylic acids is 1. The molecule has 0 saturated carbocycles. The van der Waals surface area contributed by atoms with Gasteiger partial charge in [0.1, 0.15) is 11.3 Å². The lowest BCUT2D eigenvalue weighted by Gasteiger charge is -2.10. The first-order chi connectivity index (χ1) is 14.7. The number of benzene rings is 2. The van der Waals surface area contributed by atoms with Crippen molar-refractivity contribution in [1.29, 1.82) is 0 Å². The summed E-state index contributed by atoms with van der Waals surface area (Å²) in [4.78, 5) is 17.6. The van der Waals surface area contributed by atoms with Gasteiger partial charge in [0.25, 0.3) is 5.91 Å². The standard InChI is InChI=1S/C21H19ClN4O3S2/c1-12(2)31(28,29)15-7-4-6-14(11-15)20(27)23-18-10-13(3)25-26(18)21-24-19-16(22)8-5-9-17(19)30-21/h4-12H,1-3H3,(H,23,27). The molecule has 4 aromatic rings. The molecule has 10 heteroatoms. The zero-order valence-corrected chi connectivity index (χ0v) is 19.3. The summed E-state index contributed by atoms with van der Waals surface area (Å²) < 4.78 is 27.4. The van der Waals surface area contributed by atoms with Crippen molar-refractivity contribution < 1.29 is 13.2 Å². The Labute approximate surface area is 188 Å². The molecule has 0 spiro atoms. The summed E-state index contributed by atoms with van der Waals surface area (Å²) in [5.41, 5.74) is 1.59. The van der Waals surface area contributed by atoms with Crippen LogP contribution in [-0.4, -0.2) is 34.3 Å². The molecular weight excluding hydrogens is 456 g/mol. The maximum Gasteiger partial charge on any atom is 0.256 e. The summed E-state index contributed by atoms with van der Waals surface area (Å²) in [5, 5.41) is 7.77. The predicted octanol–water partition coefficient (Wildman–Crippen LogP) is 4.88. The lowest BCUT2D eigenvalue weighted by molar-refractivity contribution is 0.102. The average molecular weight is 475 g/mol. The summed E-state index contributed by atoms with van der Waals surface area (Å²) in [6, 6.07) is 13.3. The molecule has 0 unspecified atom stereocenters. The molecule has 0 fully saturated rings. The molecule has 1 N–H and O–H groups in total. The molecule has 7 nitrogen and oxygen atoms in total. The number of aromatic nitrogens is 3. The van der Waals surface area contributed by atoms with Crippen LogP contribution in [0, 0.1) is 6.92 Å². The van der Waals surface area contributed by atoms with Gasteiger partial charge in [-0.1, -0.05) is 35.1 Å². The zero-order chi connectivity index (χ0) is 22.3. The van der Waals surface area contributed by atoms with Gasteiger partial charge < -0.3 is 5.32 Å². The number of anilines is 1. The fourth-order valence-corrected chi connectivity index (χ4v) is 5.34. The van der Waals surface area contributed by atoms with Gasteiger partial charge in [-0.25, -0.2) is 13.4 Å². The van der Waals surface area contributed by atoms with Crippen LogP contribution in [-0.2, 0) is 9.84 Å². The Kier molecular flexibility index (Phi) is 5.59. The van der Waals surface area contributed by atoms with Crippen molar-refractivity contribution in [1.82, 2.24) is 14.8 Å². The number of fused-ring (bicyclic) bond motifs is 1. The van der Waals surface area contributed by atoms with Gasteiger partial charge in [-0.15, -0.1) is 0 Å². The summed E-state index contributed by atoms with van der Waals surface area (Å²) in [6.07, 6.45) is 0. The highest BCUT2D eigenvalue weighted by Crippen LogP contribution is 2.31. The van der Waals surface area contributed by atoms with Gasteiger partial charge in [-0.05, 0) is 51.1 Å². The molecule has 0 aliphatic rings. The van der Waals surface area contributed by atoms with Gasteiger partial charge in [-0.3, -0.25) is 4.79 Å². The minimum atomic E-state index is -3.49. The molecule has 31 heavy (non-hydrogen) atoms. The number of para-hydroxylation sites is 1. The number of carbonyl (C=O) groups is 1. The molecule has 0 aliphatic carbocycles. The highest BCUT2D eigenvalue weighted by atomic mass is 35.5. The van der Waals surface area contributed by atoms with Crippen LogP contribution in [0.5, 0.6) is 0 Å². The molecule has 0 saturated heterocycles. The molecule has 2 heterocycles. The van der Waals surface area contributed by atoms with Gasteiger partial charge in [0.2, 0.25) is 5.13 Å². The van der Waals surface area contributed by atoms with Gasteiger partial charge in [-0.2, -0.15) is 9.78 Å². The molecule has 4 rings (SSSR count). The predicted molar refractivity (Wildman–Crippen MR) is 123 cm³/mol. The van der Waals surface area contributed by atoms with Crippen molar-refractivity contribution in [2.24, 2.45) is 0 Å². The van der Waals surface area contributed by atoms with Crippen LogP contribution >= 0.6 is 22.9 Å². The second kappa shape index (κ2) is 8.07. The Morgan fingerprint density at radius 3 is 2.61 bits per heavy atom. The van der Waals surface area contributed by atoms with E-state index in [2.05, 4.69) is 15.4 Å². The highest BCUT2D eigenvalue weighted by Gasteiger charge is 2.21. The Balaban J connectivity index is 1.68. The van der Waals surface area contributed by atoms with Crippen molar-refractivity contribution in [3.8, 4) is 5.13 Å². The molecule has 160 valence electrons. The Morgan fingerprint density at radius 1 is 1.16 bits per heavy atom. The maximum absolute atomic E-state index is 12.9. The highest BCUT2D eigenvalue weighted by molar-refractivity contribution is 7.92. The molecule has 0 bridgehead atoms. The minimum Gasteiger partial charge on any atom is -0.306 e. The molecule has 2 aromatic heterocycles. The van der Waals surface area contributed by atoms with Crippen molar-refractivity contribution >= 4 is 54.7 Å². The quantitative estimate of drug-likeness (QED) is 0.445. The maximum atomic E-state index is 12.9. The number of thiazole rings is 1. The number of nitrogens with one attached hydrogen (secondary N) is 1. The first-order valence-corrected chi connectivity index (χ1v) is 12.2. The van der Waals surface area contributed by atoms with Crippen LogP contribution in [0.25, 0.3) is 15.3 Å². The third-order valence-corrected chi connectivity index (χ3v) is 8.11. The van der Waals surface area contributed by atoms with Crippen molar-refractivity contribution in [2.75, 3.05) is 5.32 Å². The molecule has 2 aromatic carbocycles. The van der Waals surface area contributed by atoms with Crippen LogP contribution in [0.2, 0.25) is 5.02 Å². The van der Waals surface area contributed by atoms with Crippen LogP contribution in [0.15, 0.2) is 53.4 Å². The fraction of sp³-hybridized carbons (Fsp3) is 0.190. The van der Waals surface area contributed by atoms with E-state index in [9.17, 15) is 13.2 Å². The van der Waals surface area contributed by atoms with Crippen LogP contribution in [0.4, 0.5) is 5.82 Å². The van der Waals surface area contributed by atoms with Crippen molar-refractivity contribution in [3.63, 3.8) is 0 Å². The van der Waals surface area contributed by atoms with Gasteiger partial charge >= 0.3 is 0 Å². The average Bonchev–Trinajstić information content (AvgIpc) is 3.32. The third-order valence-electron chi connectivity index (χ3n) is 4.66. The zero-order valence-electron chi connectivity index (χ0n) is 17.0. The smallest absolute Gasteiger partial charge is 0.256 e. The van der Waals surface area contributed by atoms with E-state index in [1.807, 2.05) is 19.1 Å². The second-order valence-corrected chi connectivity index (χ2v) is 11.2. The largest absolute Gasteiger partial charge is 0.306 e.